The number of amides is 4. The Labute approximate surface area is 394 Å². The Balaban J connectivity index is 0.924. The minimum atomic E-state index is -0.989. The number of unbranched alkanes of at least 4 members (excludes halogenated alkanes) is 5. The number of rotatable bonds is 24. The van der Waals surface area contributed by atoms with Crippen LogP contribution in [0.4, 0.5) is 5.82 Å². The van der Waals surface area contributed by atoms with Crippen molar-refractivity contribution in [3.63, 3.8) is 0 Å². The molecule has 0 saturated heterocycles. The fraction of sp³-hybridized carbons (Fsp3) is 0.352. The van der Waals surface area contributed by atoms with Crippen LogP contribution in [0.15, 0.2) is 113 Å². The smallest absolute Gasteiger partial charge is 0.263 e. The van der Waals surface area contributed by atoms with Crippen molar-refractivity contribution < 1.29 is 24.0 Å². The summed E-state index contributed by atoms with van der Waals surface area (Å²) in [5, 5.41) is 17.4. The highest BCUT2D eigenvalue weighted by molar-refractivity contribution is 6.22. The lowest BCUT2D eigenvalue weighted by Crippen LogP contribution is -2.43. The first kappa shape index (κ1) is 49.1. The van der Waals surface area contributed by atoms with Crippen molar-refractivity contribution >= 4 is 48.3 Å². The van der Waals surface area contributed by atoms with E-state index in [1.54, 1.807) is 6.34 Å². The van der Waals surface area contributed by atoms with Gasteiger partial charge in [-0.2, -0.15) is 0 Å². The highest BCUT2D eigenvalue weighted by Crippen LogP contribution is 2.43. The summed E-state index contributed by atoms with van der Waals surface area (Å²) in [6.45, 7) is 1.75. The molecule has 0 bridgehead atoms. The van der Waals surface area contributed by atoms with Gasteiger partial charge in [0.05, 0.1) is 23.6 Å². The number of hydrogen-bond acceptors (Lipinski definition) is 8. The van der Waals surface area contributed by atoms with E-state index in [1.807, 2.05) is 73.6 Å². The van der Waals surface area contributed by atoms with Crippen molar-refractivity contribution in [1.29, 1.82) is 5.41 Å². The highest BCUT2D eigenvalue weighted by atomic mass is 16.2. The minimum absolute atomic E-state index is 0.0365. The van der Waals surface area contributed by atoms with Gasteiger partial charge in [-0.25, -0.2) is 4.99 Å². The second kappa shape index (κ2) is 24.8. The maximum atomic E-state index is 13.3. The number of carbonyl (C=O) groups excluding carboxylic acids is 5. The molecule has 6 rings (SSSR count). The van der Waals surface area contributed by atoms with E-state index in [1.165, 1.54) is 13.3 Å². The molecule has 4 amide bonds. The summed E-state index contributed by atoms with van der Waals surface area (Å²) in [6.07, 6.45) is 13.1. The summed E-state index contributed by atoms with van der Waals surface area (Å²) in [7, 11) is 5.37. The average Bonchev–Trinajstić information content (AvgIpc) is 3.79. The molecule has 2 heterocycles. The number of nitrogens with zero attached hydrogens (tertiary/aromatic N) is 4. The molecule has 0 saturated carbocycles. The predicted molar refractivity (Wildman–Crippen MR) is 265 cm³/mol. The second-order valence-corrected chi connectivity index (χ2v) is 16.9. The Bertz CT molecular complexity index is 2560. The summed E-state index contributed by atoms with van der Waals surface area (Å²) >= 11 is 0. The number of aldehydes is 1. The fourth-order valence-electron chi connectivity index (χ4n) is 8.45. The molecule has 0 radical (unpaired) electrons. The molecule has 1 atom stereocenters. The number of nitrogens with one attached hydrogen (secondary N) is 4. The van der Waals surface area contributed by atoms with Crippen molar-refractivity contribution in [3.8, 4) is 34.2 Å². The first-order valence-electron chi connectivity index (χ1n) is 23.3. The van der Waals surface area contributed by atoms with E-state index >= 15 is 0 Å². The molecule has 4 aromatic rings. The Kier molecular flexibility index (Phi) is 18.2. The highest BCUT2D eigenvalue weighted by Gasteiger charge is 2.44. The molecule has 67 heavy (non-hydrogen) atoms. The van der Waals surface area contributed by atoms with Crippen molar-refractivity contribution in [2.24, 2.45) is 4.99 Å². The monoisotopic (exact) mass is 902 g/mol. The molecule has 13 nitrogen and oxygen atoms in total. The van der Waals surface area contributed by atoms with Crippen LogP contribution in [0.5, 0.6) is 0 Å². The average molecular weight is 903 g/mol. The third kappa shape index (κ3) is 12.9. The maximum Gasteiger partial charge on any atom is 0.263 e. The van der Waals surface area contributed by atoms with E-state index in [-0.39, 0.29) is 24.7 Å². The first-order valence-corrected chi connectivity index (χ1v) is 23.3. The van der Waals surface area contributed by atoms with Crippen molar-refractivity contribution in [2.45, 2.75) is 89.6 Å². The topological polar surface area (TPSA) is 169 Å². The fourth-order valence-corrected chi connectivity index (χ4v) is 8.45. The third-order valence-electron chi connectivity index (χ3n) is 11.8. The van der Waals surface area contributed by atoms with Crippen molar-refractivity contribution in [2.75, 3.05) is 34.2 Å². The summed E-state index contributed by atoms with van der Waals surface area (Å²) in [4.78, 5) is 70.4. The molecule has 4 N–H and O–H groups in total. The zero-order valence-corrected chi connectivity index (χ0v) is 38.9. The van der Waals surface area contributed by atoms with Crippen LogP contribution >= 0.6 is 0 Å². The lowest BCUT2D eigenvalue weighted by molar-refractivity contribution is -0.143. The number of hydrogen-bond donors (Lipinski definition) is 4. The Morgan fingerprint density at radius 3 is 2.31 bits per heavy atom. The van der Waals surface area contributed by atoms with Gasteiger partial charge in [-0.1, -0.05) is 104 Å². The van der Waals surface area contributed by atoms with E-state index < -0.39 is 17.9 Å². The van der Waals surface area contributed by atoms with Gasteiger partial charge in [0.15, 0.2) is 0 Å². The third-order valence-corrected chi connectivity index (χ3v) is 11.8. The van der Waals surface area contributed by atoms with Gasteiger partial charge in [0, 0.05) is 94.2 Å². The zero-order chi connectivity index (χ0) is 47.5. The van der Waals surface area contributed by atoms with Gasteiger partial charge >= 0.3 is 0 Å². The molecule has 1 aliphatic heterocycles. The largest absolute Gasteiger partial charge is 0.385 e. The lowest BCUT2D eigenvalue weighted by Gasteiger charge is -2.22. The lowest BCUT2D eigenvalue weighted by atomic mass is 9.96. The van der Waals surface area contributed by atoms with Gasteiger partial charge in [-0.05, 0) is 73.8 Å². The van der Waals surface area contributed by atoms with Crippen LogP contribution in [-0.2, 0) is 30.5 Å². The van der Waals surface area contributed by atoms with E-state index in [0.717, 1.165) is 82.5 Å². The summed E-state index contributed by atoms with van der Waals surface area (Å²) in [6, 6.07) is 27.7. The van der Waals surface area contributed by atoms with Gasteiger partial charge in [-0.15, -0.1) is 0 Å². The van der Waals surface area contributed by atoms with Crippen LogP contribution in [0, 0.1) is 17.3 Å². The van der Waals surface area contributed by atoms with Gasteiger partial charge in [-0.3, -0.25) is 24.1 Å². The van der Waals surface area contributed by atoms with E-state index in [9.17, 15) is 24.0 Å². The number of benzene rings is 3. The summed E-state index contributed by atoms with van der Waals surface area (Å²) in [5.74, 6) is 6.21. The van der Waals surface area contributed by atoms with Gasteiger partial charge in [0.2, 0.25) is 11.8 Å². The molecular weight excluding hydrogens is 841 g/mol. The van der Waals surface area contributed by atoms with Gasteiger partial charge < -0.3 is 35.6 Å². The van der Waals surface area contributed by atoms with E-state index in [4.69, 9.17) is 10.4 Å². The van der Waals surface area contributed by atoms with Crippen LogP contribution in [0.25, 0.3) is 22.4 Å². The molecule has 13 heteroatoms. The molecule has 2 aliphatic rings. The normalized spacial score (nSPS) is 13.7. The van der Waals surface area contributed by atoms with Crippen molar-refractivity contribution in [3.05, 3.63) is 125 Å². The van der Waals surface area contributed by atoms with Crippen LogP contribution in [0.2, 0.25) is 0 Å². The van der Waals surface area contributed by atoms with Crippen LogP contribution in [0.1, 0.15) is 93.7 Å². The first-order chi connectivity index (χ1) is 32.6. The molecule has 1 aromatic heterocycles. The number of aromatic nitrogens is 1. The minimum Gasteiger partial charge on any atom is -0.385 e. The second-order valence-electron chi connectivity index (χ2n) is 16.9. The quantitative estimate of drug-likeness (QED) is 0.0140. The SMILES string of the molecule is CNC(=O)CCC(C=O)N1C(=O)C2=C(C1=O)C(NCCCCCCC(=O)NCCCCC#Cc1cccc(Cn3c(/N=C\N(C)C)c(C=N)c(-c4ccccc4)c3-c3ccccc3)c1)=CCC2. The Morgan fingerprint density at radius 2 is 1.60 bits per heavy atom. The number of allylic oxidation sites excluding steroid dienone is 1. The van der Waals surface area contributed by atoms with Gasteiger partial charge in [0.1, 0.15) is 12.1 Å². The number of imide groups is 1. The summed E-state index contributed by atoms with van der Waals surface area (Å²) in [5.41, 5.74) is 8.15. The molecule has 0 fully saturated rings. The van der Waals surface area contributed by atoms with Crippen molar-refractivity contribution in [1.82, 2.24) is 30.3 Å². The zero-order valence-electron chi connectivity index (χ0n) is 38.9. The van der Waals surface area contributed by atoms with Gasteiger partial charge in [0.25, 0.3) is 11.8 Å². The summed E-state index contributed by atoms with van der Waals surface area (Å²) < 4.78 is 2.20. The molecule has 1 unspecified atom stereocenters. The van der Waals surface area contributed by atoms with Crippen LogP contribution in [0.3, 0.4) is 0 Å². The van der Waals surface area contributed by atoms with E-state index in [0.29, 0.717) is 74.3 Å². The molecule has 348 valence electrons. The standard InChI is InChI=1S/C54H62N8O5/c1-56-47(64)31-30-43(37-63)62-53(66)44-27-19-28-46(50(44)54(62)67)57-32-16-7-5-15-29-48(65)58-33-17-6-4-10-20-39-21-18-22-40(34-39)36-61-51(42-25-13-9-14-26-42)49(41-23-11-8-12-24-41)45(35-55)52(61)59-38-60(2)3/h8-9,11-14,18,21-26,28,34-35,37-38,43,55,57H,4-7,15-17,19,27,29-33,36H2,1-3H3,(H,56,64)(H,58,65)/b55-35?,59-38-. The van der Waals surface area contributed by atoms with Crippen LogP contribution in [-0.4, -0.2) is 97.1 Å². The maximum absolute atomic E-state index is 13.3. The molecule has 3 aromatic carbocycles. The molecule has 0 spiro atoms. The number of aliphatic imine (C=N–C) groups is 1. The number of carbonyl (C=O) groups is 5. The van der Waals surface area contributed by atoms with Crippen LogP contribution < -0.4 is 16.0 Å². The molecular formula is C54H62N8O5. The Hall–Kier alpha value is -7.33. The Morgan fingerprint density at radius 1 is 0.866 bits per heavy atom. The predicted octanol–water partition coefficient (Wildman–Crippen LogP) is 7.70. The van der Waals surface area contributed by atoms with E-state index in [2.05, 4.69) is 68.8 Å². The molecule has 1 aliphatic carbocycles.